The van der Waals surface area contributed by atoms with Gasteiger partial charge in [0, 0.05) is 30.3 Å². The van der Waals surface area contributed by atoms with Gasteiger partial charge in [-0.15, -0.1) is 0 Å². The first-order valence-corrected chi connectivity index (χ1v) is 10.8. The van der Waals surface area contributed by atoms with Crippen molar-refractivity contribution in [1.82, 2.24) is 9.97 Å². The van der Waals surface area contributed by atoms with Gasteiger partial charge >= 0.3 is 0 Å². The number of methoxy groups -OCH3 is 1. The average molecular weight is 477 g/mol. The maximum atomic E-state index is 13.9. The van der Waals surface area contributed by atoms with Crippen LogP contribution in [0.15, 0.2) is 41.3 Å². The minimum atomic E-state index is -2.60. The van der Waals surface area contributed by atoms with Gasteiger partial charge in [-0.1, -0.05) is 6.07 Å². The van der Waals surface area contributed by atoms with E-state index in [9.17, 15) is 27.2 Å². The van der Waals surface area contributed by atoms with Crippen molar-refractivity contribution in [2.45, 2.75) is 37.5 Å². The largest absolute Gasteiger partial charge is 0.494 e. The molecule has 0 saturated heterocycles. The van der Waals surface area contributed by atoms with Crippen LogP contribution in [0.5, 0.6) is 5.75 Å². The van der Waals surface area contributed by atoms with Gasteiger partial charge < -0.3 is 15.5 Å². The number of rotatable bonds is 3. The molecule has 5 rings (SSSR count). The summed E-state index contributed by atoms with van der Waals surface area (Å²) in [6, 6.07) is 6.78. The minimum Gasteiger partial charge on any atom is -0.494 e. The molecule has 0 spiro atoms. The summed E-state index contributed by atoms with van der Waals surface area (Å²) >= 11 is 0. The van der Waals surface area contributed by atoms with E-state index in [-0.39, 0.29) is 40.5 Å². The molecule has 3 N–H and O–H groups in total. The molecular weight excluding hydrogens is 454 g/mol. The Kier molecular flexibility index (Phi) is 6.33. The summed E-state index contributed by atoms with van der Waals surface area (Å²) in [4.78, 5) is 30.9. The van der Waals surface area contributed by atoms with Gasteiger partial charge in [0.05, 0.1) is 18.0 Å². The van der Waals surface area contributed by atoms with Crippen LogP contribution >= 0.6 is 0 Å². The first kappa shape index (κ1) is 23.7. The Morgan fingerprint density at radius 2 is 2.00 bits per heavy atom. The Labute approximate surface area is 192 Å². The third-order valence-corrected chi connectivity index (χ3v) is 6.66. The summed E-state index contributed by atoms with van der Waals surface area (Å²) in [7, 11) is 1.29. The van der Waals surface area contributed by atoms with Crippen molar-refractivity contribution in [3.8, 4) is 5.75 Å². The van der Waals surface area contributed by atoms with Crippen LogP contribution in [-0.2, 0) is 0 Å². The minimum absolute atomic E-state index is 0.0165. The highest BCUT2D eigenvalue weighted by Gasteiger charge is 2.54. The van der Waals surface area contributed by atoms with Gasteiger partial charge in [0.15, 0.2) is 17.0 Å². The zero-order valence-corrected chi connectivity index (χ0v) is 18.3. The second kappa shape index (κ2) is 9.08. The van der Waals surface area contributed by atoms with Crippen LogP contribution in [-0.4, -0.2) is 28.9 Å². The van der Waals surface area contributed by atoms with Crippen LogP contribution in [0.25, 0.3) is 10.9 Å². The summed E-state index contributed by atoms with van der Waals surface area (Å²) in [6.07, 6.45) is 2.96. The third-order valence-electron chi connectivity index (χ3n) is 6.66. The Balaban J connectivity index is 0.000000231. The van der Waals surface area contributed by atoms with Gasteiger partial charge in [0.1, 0.15) is 5.69 Å². The average Bonchev–Trinajstić information content (AvgIpc) is 3.36. The fourth-order valence-corrected chi connectivity index (χ4v) is 5.05. The van der Waals surface area contributed by atoms with Crippen molar-refractivity contribution in [3.05, 3.63) is 69.8 Å². The molecule has 2 fully saturated rings. The summed E-state index contributed by atoms with van der Waals surface area (Å²) in [5.74, 6) is -5.94. The predicted octanol–water partition coefficient (Wildman–Crippen LogP) is 4.53. The van der Waals surface area contributed by atoms with Crippen molar-refractivity contribution >= 4 is 16.8 Å². The number of nitrogens with two attached hydrogens (primary N) is 1. The maximum absolute atomic E-state index is 13.9. The number of H-pyrrole nitrogens is 1. The van der Waals surface area contributed by atoms with E-state index in [4.69, 9.17) is 5.73 Å². The van der Waals surface area contributed by atoms with E-state index >= 15 is 0 Å². The number of amides is 1. The van der Waals surface area contributed by atoms with Gasteiger partial charge in [-0.2, -0.15) is 4.39 Å². The van der Waals surface area contributed by atoms with E-state index in [1.807, 2.05) is 0 Å². The highest BCUT2D eigenvalue weighted by Crippen LogP contribution is 2.56. The number of hydrogen-bond acceptors (Lipinski definition) is 4. The molecule has 3 atom stereocenters. The zero-order chi connectivity index (χ0) is 24.6. The molecule has 10 heteroatoms. The third kappa shape index (κ3) is 4.36. The number of nitrogens with one attached hydrogen (secondary N) is 1. The second-order valence-electron chi connectivity index (χ2n) is 8.63. The highest BCUT2D eigenvalue weighted by molar-refractivity contribution is 6.03. The van der Waals surface area contributed by atoms with Crippen molar-refractivity contribution in [2.75, 3.05) is 7.11 Å². The number of halogens is 4. The van der Waals surface area contributed by atoms with Crippen molar-refractivity contribution in [3.63, 3.8) is 0 Å². The molecule has 2 heterocycles. The molecule has 34 heavy (non-hydrogen) atoms. The molecule has 1 aromatic carbocycles. The van der Waals surface area contributed by atoms with Crippen molar-refractivity contribution < 1.29 is 27.1 Å². The first-order chi connectivity index (χ1) is 16.1. The zero-order valence-electron chi connectivity index (χ0n) is 18.3. The first-order valence-electron chi connectivity index (χ1n) is 10.8. The number of primary amides is 1. The lowest BCUT2D eigenvalue weighted by atomic mass is 9.97. The lowest BCUT2D eigenvalue weighted by Crippen LogP contribution is -2.22. The molecule has 2 aromatic heterocycles. The van der Waals surface area contributed by atoms with Crippen LogP contribution in [0.3, 0.4) is 0 Å². The number of fused-ring (bicyclic) bond motifs is 2. The molecule has 2 saturated carbocycles. The van der Waals surface area contributed by atoms with Crippen LogP contribution in [0.2, 0.25) is 0 Å². The van der Waals surface area contributed by atoms with Crippen LogP contribution in [0.1, 0.15) is 47.8 Å². The van der Waals surface area contributed by atoms with E-state index < -0.39 is 29.4 Å². The number of benzene rings is 1. The van der Waals surface area contributed by atoms with Gasteiger partial charge in [0.2, 0.25) is 5.82 Å². The van der Waals surface area contributed by atoms with Gasteiger partial charge in [-0.05, 0) is 49.3 Å². The van der Waals surface area contributed by atoms with Gasteiger partial charge in [-0.25, -0.2) is 13.2 Å². The molecule has 0 aliphatic heterocycles. The quantitative estimate of drug-likeness (QED) is 0.542. The van der Waals surface area contributed by atoms with Crippen LogP contribution in [0, 0.1) is 23.5 Å². The lowest BCUT2D eigenvalue weighted by molar-refractivity contribution is -0.0412. The van der Waals surface area contributed by atoms with Crippen molar-refractivity contribution in [2.24, 2.45) is 17.6 Å². The Bertz CT molecular complexity index is 1290. The number of pyridine rings is 2. The van der Waals surface area contributed by atoms with E-state index in [0.717, 1.165) is 6.07 Å². The molecule has 0 bridgehead atoms. The molecule has 3 unspecified atom stereocenters. The number of carbonyl (C=O) groups excluding carboxylic acids is 1. The lowest BCUT2D eigenvalue weighted by Gasteiger charge is -2.18. The summed E-state index contributed by atoms with van der Waals surface area (Å²) in [5, 5.41) is 0.150. The summed E-state index contributed by atoms with van der Waals surface area (Å²) in [6.45, 7) is 0. The van der Waals surface area contributed by atoms with E-state index in [1.54, 1.807) is 6.07 Å². The maximum Gasteiger partial charge on any atom is 0.268 e. The van der Waals surface area contributed by atoms with Crippen LogP contribution in [0.4, 0.5) is 17.6 Å². The number of ether oxygens (including phenoxy) is 1. The smallest absolute Gasteiger partial charge is 0.268 e. The topological polar surface area (TPSA) is 98.1 Å². The second-order valence-corrected chi connectivity index (χ2v) is 8.63. The molecule has 180 valence electrons. The highest BCUT2D eigenvalue weighted by atomic mass is 19.3. The molecule has 2 aliphatic rings. The summed E-state index contributed by atoms with van der Waals surface area (Å²) < 4.78 is 57.2. The van der Waals surface area contributed by atoms with E-state index in [1.165, 1.54) is 31.5 Å². The normalized spacial score (nSPS) is 22.7. The number of hydrogen-bond donors (Lipinski definition) is 2. The Morgan fingerprint density at radius 3 is 2.65 bits per heavy atom. The number of carbonyl (C=O) groups is 1. The standard InChI is InChI=1S/C17H17F2N3O2.C7H6F2O/c18-17(19)3-1-8-5-9(6-10(8)17)12-7-13(23)14-11(22-12)2-4-21-15(14)16(20)24;1-10-6-4-2-3-5(8)7(6)9/h2,4,7-10H,1,3,5-6H2,(H2,20,24)(H,22,23);2-4H,1H3. The molecular formula is C24H23F4N3O3. The molecule has 2 aliphatic carbocycles. The molecule has 0 radical (unpaired) electrons. The van der Waals surface area contributed by atoms with Crippen molar-refractivity contribution in [1.29, 1.82) is 0 Å². The van der Waals surface area contributed by atoms with Crippen LogP contribution < -0.4 is 15.9 Å². The fourth-order valence-electron chi connectivity index (χ4n) is 5.05. The monoisotopic (exact) mass is 477 g/mol. The molecule has 1 amide bonds. The Hall–Kier alpha value is -3.43. The number of aromatic amines is 1. The predicted molar refractivity (Wildman–Crippen MR) is 117 cm³/mol. The number of aromatic nitrogens is 2. The summed E-state index contributed by atoms with van der Waals surface area (Å²) in [5.41, 5.74) is 5.95. The fraction of sp³-hybridized carbons (Fsp3) is 0.375. The molecule has 3 aromatic rings. The number of nitrogens with zero attached hydrogens (tertiary/aromatic N) is 1. The van der Waals surface area contributed by atoms with E-state index in [2.05, 4.69) is 14.7 Å². The van der Waals surface area contributed by atoms with Gasteiger partial charge in [0.25, 0.3) is 11.8 Å². The van der Waals surface area contributed by atoms with E-state index in [0.29, 0.717) is 30.5 Å². The Morgan fingerprint density at radius 1 is 1.24 bits per heavy atom. The molecule has 6 nitrogen and oxygen atoms in total. The SMILES string of the molecule is COc1cccc(F)c1F.NC(=O)c1nccc2[nH]c(C3CC4CCC(F)(F)C4C3)cc(=O)c12. The van der Waals surface area contributed by atoms with Gasteiger partial charge in [-0.3, -0.25) is 14.6 Å². The number of alkyl halides is 2.